The van der Waals surface area contributed by atoms with E-state index in [1.165, 1.54) is 28.7 Å². The highest BCUT2D eigenvalue weighted by molar-refractivity contribution is 5.69. The van der Waals surface area contributed by atoms with Crippen LogP contribution >= 0.6 is 0 Å². The van der Waals surface area contributed by atoms with Crippen molar-refractivity contribution in [2.45, 2.75) is 93.4 Å². The third-order valence-electron chi connectivity index (χ3n) is 4.41. The first-order valence-electron chi connectivity index (χ1n) is 10.5. The minimum Gasteiger partial charge on any atom is -0.461 e. The molecule has 0 radical (unpaired) electrons. The molecule has 0 saturated carbocycles. The van der Waals surface area contributed by atoms with Crippen molar-refractivity contribution in [3.05, 3.63) is 46.6 Å². The number of rotatable bonds is 13. The predicted octanol–water partition coefficient (Wildman–Crippen LogP) is 7.72. The van der Waals surface area contributed by atoms with Gasteiger partial charge in [-0.1, -0.05) is 54.4 Å². The van der Waals surface area contributed by atoms with Crippen molar-refractivity contribution in [3.8, 4) is 0 Å². The van der Waals surface area contributed by atoms with Crippen molar-refractivity contribution in [2.75, 3.05) is 6.61 Å². The van der Waals surface area contributed by atoms with Crippen molar-refractivity contribution in [3.63, 3.8) is 0 Å². The van der Waals surface area contributed by atoms with Gasteiger partial charge in [0.15, 0.2) is 0 Å². The molecule has 0 N–H and O–H groups in total. The fraction of sp³-hybridized carbons (Fsp3) is 0.640. The summed E-state index contributed by atoms with van der Waals surface area (Å²) in [7, 11) is 0. The van der Waals surface area contributed by atoms with Gasteiger partial charge in [0.1, 0.15) is 6.61 Å². The molecule has 0 saturated heterocycles. The van der Waals surface area contributed by atoms with Crippen molar-refractivity contribution in [2.24, 2.45) is 5.92 Å². The van der Waals surface area contributed by atoms with E-state index in [2.05, 4.69) is 52.8 Å². The van der Waals surface area contributed by atoms with Crippen molar-refractivity contribution in [1.82, 2.24) is 0 Å². The van der Waals surface area contributed by atoms with E-state index >= 15 is 0 Å². The van der Waals surface area contributed by atoms with Crippen LogP contribution in [-0.2, 0) is 9.53 Å². The van der Waals surface area contributed by atoms with Gasteiger partial charge in [-0.15, -0.1) is 0 Å². The summed E-state index contributed by atoms with van der Waals surface area (Å²) < 4.78 is 5.23. The Morgan fingerprint density at radius 1 is 0.741 bits per heavy atom. The molecule has 0 spiro atoms. The van der Waals surface area contributed by atoms with Crippen molar-refractivity contribution < 1.29 is 9.53 Å². The molecule has 0 bridgehead atoms. The highest BCUT2D eigenvalue weighted by Crippen LogP contribution is 2.13. The van der Waals surface area contributed by atoms with Gasteiger partial charge in [-0.25, -0.2) is 0 Å². The molecule has 0 fully saturated rings. The van der Waals surface area contributed by atoms with Crippen LogP contribution in [0.4, 0.5) is 0 Å². The maximum Gasteiger partial charge on any atom is 0.306 e. The number of ether oxygens (including phenoxy) is 1. The molecule has 27 heavy (non-hydrogen) atoms. The van der Waals surface area contributed by atoms with E-state index in [0.717, 1.165) is 32.1 Å². The normalized spacial score (nSPS) is 13.1. The minimum absolute atomic E-state index is 0.103. The Hall–Kier alpha value is -1.57. The van der Waals surface area contributed by atoms with Crippen LogP contribution in [-0.4, -0.2) is 12.6 Å². The molecule has 0 aromatic carbocycles. The second kappa shape index (κ2) is 15.5. The molecule has 0 aliphatic carbocycles. The summed E-state index contributed by atoms with van der Waals surface area (Å²) in [5, 5.41) is 0. The number of allylic oxidation sites excluding steroid dienone is 7. The second-order valence-corrected chi connectivity index (χ2v) is 8.33. The molecule has 0 aromatic heterocycles. The number of hydrogen-bond donors (Lipinski definition) is 0. The SMILES string of the molecule is CC(C)=CCCC(C)=CCCC(C)=CCCC(C)=CCOC(=O)CC(C)C. The standard InChI is InChI=1S/C25H42O2/c1-20(2)11-8-12-22(5)13-9-14-23(6)15-10-16-24(7)17-18-27-25(26)19-21(3)4/h11,13,15,17,21H,8-10,12,14,16,18-19H2,1-7H3. The zero-order valence-electron chi connectivity index (χ0n) is 18.9. The molecule has 0 aliphatic rings. The highest BCUT2D eigenvalue weighted by atomic mass is 16.5. The lowest BCUT2D eigenvalue weighted by atomic mass is 10.0. The molecule has 2 heteroatoms. The van der Waals surface area contributed by atoms with Gasteiger partial charge in [0.2, 0.25) is 0 Å². The van der Waals surface area contributed by atoms with Crippen LogP contribution in [0, 0.1) is 5.92 Å². The molecule has 2 nitrogen and oxygen atoms in total. The third-order valence-corrected chi connectivity index (χ3v) is 4.41. The van der Waals surface area contributed by atoms with Gasteiger partial charge >= 0.3 is 5.97 Å². The maximum atomic E-state index is 11.5. The summed E-state index contributed by atoms with van der Waals surface area (Å²) in [6.45, 7) is 15.3. The van der Waals surface area contributed by atoms with E-state index < -0.39 is 0 Å². The number of hydrogen-bond acceptors (Lipinski definition) is 2. The van der Waals surface area contributed by atoms with Gasteiger partial charge < -0.3 is 4.74 Å². The van der Waals surface area contributed by atoms with Crippen molar-refractivity contribution in [1.29, 1.82) is 0 Å². The number of carbonyl (C=O) groups excluding carboxylic acids is 1. The van der Waals surface area contributed by atoms with Crippen LogP contribution in [0.1, 0.15) is 93.4 Å². The molecular weight excluding hydrogens is 332 g/mol. The Balaban J connectivity index is 4.01. The first-order valence-corrected chi connectivity index (χ1v) is 10.5. The fourth-order valence-electron chi connectivity index (χ4n) is 2.66. The quantitative estimate of drug-likeness (QED) is 0.243. The van der Waals surface area contributed by atoms with E-state index in [1.54, 1.807) is 0 Å². The number of esters is 1. The summed E-state index contributed by atoms with van der Waals surface area (Å²) >= 11 is 0. The summed E-state index contributed by atoms with van der Waals surface area (Å²) in [6, 6.07) is 0. The summed E-state index contributed by atoms with van der Waals surface area (Å²) in [6.07, 6.45) is 16.2. The second-order valence-electron chi connectivity index (χ2n) is 8.33. The lowest BCUT2D eigenvalue weighted by Gasteiger charge is -2.05. The zero-order chi connectivity index (χ0) is 20.7. The third kappa shape index (κ3) is 17.6. The predicted molar refractivity (Wildman–Crippen MR) is 119 cm³/mol. The molecule has 0 amide bonds. The highest BCUT2D eigenvalue weighted by Gasteiger charge is 2.04. The molecule has 0 aromatic rings. The van der Waals surface area contributed by atoms with Gasteiger partial charge in [0.05, 0.1) is 0 Å². The summed E-state index contributed by atoms with van der Waals surface area (Å²) in [5.74, 6) is 0.251. The summed E-state index contributed by atoms with van der Waals surface area (Å²) in [5.41, 5.74) is 5.64. The van der Waals surface area contributed by atoms with Crippen LogP contribution in [0.5, 0.6) is 0 Å². The van der Waals surface area contributed by atoms with Gasteiger partial charge in [0.25, 0.3) is 0 Å². The smallest absolute Gasteiger partial charge is 0.306 e. The van der Waals surface area contributed by atoms with Crippen LogP contribution in [0.25, 0.3) is 0 Å². The van der Waals surface area contributed by atoms with E-state index in [9.17, 15) is 4.79 Å². The number of carbonyl (C=O) groups is 1. The van der Waals surface area contributed by atoms with Crippen LogP contribution in [0.3, 0.4) is 0 Å². The summed E-state index contributed by atoms with van der Waals surface area (Å²) in [4.78, 5) is 11.5. The molecule has 0 heterocycles. The largest absolute Gasteiger partial charge is 0.461 e. The van der Waals surface area contributed by atoms with Crippen LogP contribution in [0.15, 0.2) is 46.6 Å². The Kier molecular flexibility index (Phi) is 14.6. The Labute approximate surface area is 168 Å². The fourth-order valence-corrected chi connectivity index (χ4v) is 2.66. The first-order chi connectivity index (χ1) is 12.7. The average Bonchev–Trinajstić information content (AvgIpc) is 2.53. The molecule has 0 rings (SSSR count). The van der Waals surface area contributed by atoms with Gasteiger partial charge in [-0.3, -0.25) is 4.79 Å². The lowest BCUT2D eigenvalue weighted by Crippen LogP contribution is -2.07. The monoisotopic (exact) mass is 374 g/mol. The van der Waals surface area contributed by atoms with E-state index in [0.29, 0.717) is 18.9 Å². The first kappa shape index (κ1) is 25.4. The molecular formula is C25H42O2. The lowest BCUT2D eigenvalue weighted by molar-refractivity contribution is -0.143. The van der Waals surface area contributed by atoms with Crippen LogP contribution < -0.4 is 0 Å². The molecule has 0 atom stereocenters. The Bertz CT molecular complexity index is 541. The molecule has 0 aliphatic heterocycles. The topological polar surface area (TPSA) is 26.3 Å². The Morgan fingerprint density at radius 3 is 1.63 bits per heavy atom. The maximum absolute atomic E-state index is 11.5. The van der Waals surface area contributed by atoms with Gasteiger partial charge in [0, 0.05) is 6.42 Å². The minimum atomic E-state index is -0.103. The van der Waals surface area contributed by atoms with Crippen LogP contribution in [0.2, 0.25) is 0 Å². The van der Waals surface area contributed by atoms with Gasteiger partial charge in [-0.05, 0) is 85.1 Å². The van der Waals surface area contributed by atoms with E-state index in [4.69, 9.17) is 4.74 Å². The molecule has 154 valence electrons. The zero-order valence-corrected chi connectivity index (χ0v) is 18.9. The van der Waals surface area contributed by atoms with Crippen molar-refractivity contribution >= 4 is 5.97 Å². The van der Waals surface area contributed by atoms with E-state index in [-0.39, 0.29) is 5.97 Å². The Morgan fingerprint density at radius 2 is 1.19 bits per heavy atom. The van der Waals surface area contributed by atoms with Gasteiger partial charge in [-0.2, -0.15) is 0 Å². The van der Waals surface area contributed by atoms with E-state index in [1.807, 2.05) is 19.9 Å². The molecule has 0 unspecified atom stereocenters. The average molecular weight is 375 g/mol.